The van der Waals surface area contributed by atoms with E-state index in [0.29, 0.717) is 0 Å². The molecule has 1 aromatic carbocycles. The number of fused-ring (bicyclic) bond motifs is 1. The van der Waals surface area contributed by atoms with Gasteiger partial charge in [-0.1, -0.05) is 28.8 Å². The quantitative estimate of drug-likeness (QED) is 0.892. The van der Waals surface area contributed by atoms with Crippen LogP contribution in [0.4, 0.5) is 5.82 Å². The molecule has 1 fully saturated rings. The molecule has 2 N–H and O–H groups in total. The van der Waals surface area contributed by atoms with E-state index in [-0.39, 0.29) is 12.1 Å². The van der Waals surface area contributed by atoms with Crippen molar-refractivity contribution in [3.05, 3.63) is 29.0 Å². The summed E-state index contributed by atoms with van der Waals surface area (Å²) < 4.78 is 1.00. The van der Waals surface area contributed by atoms with Crippen LogP contribution in [0.15, 0.2) is 29.0 Å². The van der Waals surface area contributed by atoms with E-state index in [4.69, 9.17) is 0 Å². The summed E-state index contributed by atoms with van der Waals surface area (Å²) in [6, 6.07) is 6.02. The smallest absolute Gasteiger partial charge is 0.137 e. The minimum Gasteiger partial charge on any atom is -0.391 e. The van der Waals surface area contributed by atoms with Gasteiger partial charge in [-0.3, -0.25) is 0 Å². The lowest BCUT2D eigenvalue weighted by atomic mass is 9.92. The van der Waals surface area contributed by atoms with Crippen LogP contribution in [-0.4, -0.2) is 27.2 Å². The van der Waals surface area contributed by atoms with Crippen molar-refractivity contribution in [1.82, 2.24) is 9.97 Å². The number of hydrogen-bond donors (Lipinski definition) is 2. The first kappa shape index (κ1) is 12.8. The summed E-state index contributed by atoms with van der Waals surface area (Å²) in [5.41, 5.74) is 0.908. The molecule has 0 bridgehead atoms. The maximum atomic E-state index is 10.0. The van der Waals surface area contributed by atoms with Crippen LogP contribution in [-0.2, 0) is 0 Å². The van der Waals surface area contributed by atoms with Crippen molar-refractivity contribution >= 4 is 32.7 Å². The normalized spacial score (nSPS) is 23.5. The zero-order chi connectivity index (χ0) is 13.2. The lowest BCUT2D eigenvalue weighted by molar-refractivity contribution is 0.116. The zero-order valence-electron chi connectivity index (χ0n) is 10.5. The van der Waals surface area contributed by atoms with E-state index >= 15 is 0 Å². The highest BCUT2D eigenvalue weighted by Gasteiger charge is 2.23. The van der Waals surface area contributed by atoms with Gasteiger partial charge in [-0.05, 0) is 31.0 Å². The molecule has 1 saturated carbocycles. The first-order valence-electron chi connectivity index (χ1n) is 6.59. The van der Waals surface area contributed by atoms with Crippen molar-refractivity contribution in [2.24, 2.45) is 0 Å². The second kappa shape index (κ2) is 5.43. The molecule has 1 aliphatic rings. The van der Waals surface area contributed by atoms with Crippen LogP contribution in [0.25, 0.3) is 10.9 Å². The maximum Gasteiger partial charge on any atom is 0.137 e. The van der Waals surface area contributed by atoms with Gasteiger partial charge in [-0.15, -0.1) is 0 Å². The van der Waals surface area contributed by atoms with Gasteiger partial charge in [-0.25, -0.2) is 9.97 Å². The minimum atomic E-state index is -0.286. The van der Waals surface area contributed by atoms with E-state index < -0.39 is 0 Å². The Balaban J connectivity index is 1.93. The number of halogens is 1. The van der Waals surface area contributed by atoms with Crippen molar-refractivity contribution in [3.63, 3.8) is 0 Å². The monoisotopic (exact) mass is 321 g/mol. The average Bonchev–Trinajstić information content (AvgIpc) is 2.42. The maximum absolute atomic E-state index is 10.0. The number of aliphatic hydroxyl groups excluding tert-OH is 1. The molecule has 19 heavy (non-hydrogen) atoms. The first-order chi connectivity index (χ1) is 9.24. The molecule has 0 spiro atoms. The third kappa shape index (κ3) is 2.72. The Morgan fingerprint density at radius 2 is 2.05 bits per heavy atom. The van der Waals surface area contributed by atoms with E-state index in [1.54, 1.807) is 6.33 Å². The molecule has 1 aromatic heterocycles. The molecule has 3 rings (SSSR count). The second-order valence-electron chi connectivity index (χ2n) is 4.99. The van der Waals surface area contributed by atoms with E-state index in [1.165, 1.54) is 0 Å². The number of anilines is 1. The van der Waals surface area contributed by atoms with E-state index in [9.17, 15) is 5.11 Å². The van der Waals surface area contributed by atoms with Crippen LogP contribution in [0.1, 0.15) is 25.7 Å². The van der Waals surface area contributed by atoms with E-state index in [2.05, 4.69) is 31.2 Å². The van der Waals surface area contributed by atoms with Crippen molar-refractivity contribution in [3.8, 4) is 0 Å². The predicted octanol–water partition coefficient (Wildman–Crippen LogP) is 3.11. The lowest BCUT2D eigenvalue weighted by Crippen LogP contribution is -2.36. The highest BCUT2D eigenvalue weighted by Crippen LogP contribution is 2.27. The van der Waals surface area contributed by atoms with Gasteiger partial charge in [-0.2, -0.15) is 0 Å². The molecule has 1 heterocycles. The minimum absolute atomic E-state index is 0.0887. The van der Waals surface area contributed by atoms with Crippen LogP contribution >= 0.6 is 15.9 Å². The number of nitrogens with one attached hydrogen (secondary N) is 1. The highest BCUT2D eigenvalue weighted by atomic mass is 79.9. The molecule has 0 aliphatic heterocycles. The number of rotatable bonds is 2. The predicted molar refractivity (Wildman–Crippen MR) is 79.1 cm³/mol. The van der Waals surface area contributed by atoms with Gasteiger partial charge in [0.15, 0.2) is 0 Å². The molecule has 0 amide bonds. The summed E-state index contributed by atoms with van der Waals surface area (Å²) in [5.74, 6) is 0.803. The van der Waals surface area contributed by atoms with Gasteiger partial charge in [0.05, 0.1) is 17.7 Å². The Kier molecular flexibility index (Phi) is 3.66. The third-order valence-electron chi connectivity index (χ3n) is 3.65. The van der Waals surface area contributed by atoms with E-state index in [1.807, 2.05) is 18.2 Å². The number of hydrogen-bond acceptors (Lipinski definition) is 4. The summed E-state index contributed by atoms with van der Waals surface area (Å²) in [7, 11) is 0. The Hall–Kier alpha value is -1.20. The van der Waals surface area contributed by atoms with Gasteiger partial charge in [0.1, 0.15) is 12.1 Å². The number of nitrogens with zero attached hydrogens (tertiary/aromatic N) is 2. The zero-order valence-corrected chi connectivity index (χ0v) is 12.1. The molecular formula is C14H16BrN3O. The first-order valence-corrected chi connectivity index (χ1v) is 7.38. The molecule has 2 aromatic rings. The fraction of sp³-hybridized carbons (Fsp3) is 0.429. The van der Waals surface area contributed by atoms with Crippen LogP contribution in [0, 0.1) is 0 Å². The molecule has 5 heteroatoms. The molecular weight excluding hydrogens is 306 g/mol. The Bertz CT molecular complexity index is 590. The summed E-state index contributed by atoms with van der Waals surface area (Å²) >= 11 is 3.47. The van der Waals surface area contributed by atoms with Crippen LogP contribution in [0.5, 0.6) is 0 Å². The van der Waals surface area contributed by atoms with Gasteiger partial charge in [0.2, 0.25) is 0 Å². The second-order valence-corrected chi connectivity index (χ2v) is 5.90. The average molecular weight is 322 g/mol. The summed E-state index contributed by atoms with van der Waals surface area (Å²) in [6.45, 7) is 0. The fourth-order valence-electron chi connectivity index (χ4n) is 2.60. The van der Waals surface area contributed by atoms with Gasteiger partial charge in [0, 0.05) is 9.86 Å². The molecule has 100 valence electrons. The van der Waals surface area contributed by atoms with Gasteiger partial charge < -0.3 is 10.4 Å². The Morgan fingerprint density at radius 1 is 1.21 bits per heavy atom. The Labute approximate surface area is 120 Å². The molecule has 0 unspecified atom stereocenters. The van der Waals surface area contributed by atoms with E-state index in [0.717, 1.165) is 46.9 Å². The number of aromatic nitrogens is 2. The van der Waals surface area contributed by atoms with Crippen molar-refractivity contribution in [2.45, 2.75) is 37.8 Å². The summed E-state index contributed by atoms with van der Waals surface area (Å²) in [4.78, 5) is 8.58. The standard InChI is InChI=1S/C14H16BrN3O/c15-9-5-6-11-10(7-9)14(17-8-16-11)18-12-3-1-2-4-13(12)19/h5-8,12-13,19H,1-4H2,(H,16,17,18)/t12-,13-/m0/s1. The molecule has 0 radical (unpaired) electrons. The third-order valence-corrected chi connectivity index (χ3v) is 4.14. The summed E-state index contributed by atoms with van der Waals surface area (Å²) in [5, 5.41) is 14.4. The van der Waals surface area contributed by atoms with Crippen molar-refractivity contribution in [2.75, 3.05) is 5.32 Å². The highest BCUT2D eigenvalue weighted by molar-refractivity contribution is 9.10. The fourth-order valence-corrected chi connectivity index (χ4v) is 2.96. The molecule has 1 aliphatic carbocycles. The van der Waals surface area contributed by atoms with Gasteiger partial charge >= 0.3 is 0 Å². The van der Waals surface area contributed by atoms with Gasteiger partial charge in [0.25, 0.3) is 0 Å². The SMILES string of the molecule is O[C@H]1CCCC[C@@H]1Nc1ncnc2ccc(Br)cc12. The van der Waals surface area contributed by atoms with Crippen molar-refractivity contribution < 1.29 is 5.11 Å². The van der Waals surface area contributed by atoms with Crippen LogP contribution < -0.4 is 5.32 Å². The van der Waals surface area contributed by atoms with Crippen LogP contribution in [0.3, 0.4) is 0 Å². The molecule has 0 saturated heterocycles. The summed E-state index contributed by atoms with van der Waals surface area (Å²) in [6.07, 6.45) is 5.39. The van der Waals surface area contributed by atoms with Crippen LogP contribution in [0.2, 0.25) is 0 Å². The topological polar surface area (TPSA) is 58.0 Å². The number of benzene rings is 1. The Morgan fingerprint density at radius 3 is 2.89 bits per heavy atom. The molecule has 4 nitrogen and oxygen atoms in total. The largest absolute Gasteiger partial charge is 0.391 e. The lowest BCUT2D eigenvalue weighted by Gasteiger charge is -2.29. The number of aliphatic hydroxyl groups is 1. The van der Waals surface area contributed by atoms with Crippen molar-refractivity contribution in [1.29, 1.82) is 0 Å². The molecule has 2 atom stereocenters.